The highest BCUT2D eigenvalue weighted by Crippen LogP contribution is 2.32. The van der Waals surface area contributed by atoms with Gasteiger partial charge in [-0.1, -0.05) is 6.92 Å². The van der Waals surface area contributed by atoms with Crippen molar-refractivity contribution in [1.29, 1.82) is 0 Å². The second-order valence-corrected chi connectivity index (χ2v) is 7.94. The van der Waals surface area contributed by atoms with Crippen LogP contribution in [0.3, 0.4) is 0 Å². The fourth-order valence-electron chi connectivity index (χ4n) is 4.48. The van der Waals surface area contributed by atoms with Crippen LogP contribution in [0.2, 0.25) is 0 Å². The van der Waals surface area contributed by atoms with E-state index in [2.05, 4.69) is 6.92 Å². The molecule has 0 bridgehead atoms. The molecule has 0 aromatic heterocycles. The SMILES string of the molecule is CO[C@@H]1CCC[C@H](OC(=O)[C@@H]2CC(=O)N(C3CCC(C)CC3)C2)C1. The lowest BCUT2D eigenvalue weighted by Crippen LogP contribution is -2.39. The number of hydrogen-bond donors (Lipinski definition) is 0. The minimum atomic E-state index is -0.278. The molecule has 0 N–H and O–H groups in total. The maximum absolute atomic E-state index is 12.5. The highest BCUT2D eigenvalue weighted by Gasteiger charge is 2.40. The number of carbonyl (C=O) groups is 2. The van der Waals surface area contributed by atoms with Gasteiger partial charge in [-0.15, -0.1) is 0 Å². The van der Waals surface area contributed by atoms with Gasteiger partial charge >= 0.3 is 5.97 Å². The van der Waals surface area contributed by atoms with Gasteiger partial charge in [0.15, 0.2) is 0 Å². The Morgan fingerprint density at radius 2 is 1.79 bits per heavy atom. The van der Waals surface area contributed by atoms with Gasteiger partial charge in [-0.3, -0.25) is 9.59 Å². The molecule has 5 nitrogen and oxygen atoms in total. The number of methoxy groups -OCH3 is 1. The summed E-state index contributed by atoms with van der Waals surface area (Å²) in [5.74, 6) is 0.436. The molecule has 5 heteroatoms. The maximum atomic E-state index is 12.5. The Labute approximate surface area is 145 Å². The number of likely N-dealkylation sites (tertiary alicyclic amines) is 1. The topological polar surface area (TPSA) is 55.8 Å². The van der Waals surface area contributed by atoms with Crippen molar-refractivity contribution < 1.29 is 19.1 Å². The molecule has 2 saturated carbocycles. The number of carbonyl (C=O) groups excluding carboxylic acids is 2. The van der Waals surface area contributed by atoms with Crippen LogP contribution in [0, 0.1) is 11.8 Å². The van der Waals surface area contributed by atoms with E-state index in [9.17, 15) is 9.59 Å². The smallest absolute Gasteiger partial charge is 0.311 e. The quantitative estimate of drug-likeness (QED) is 0.740. The van der Waals surface area contributed by atoms with Crippen molar-refractivity contribution in [2.75, 3.05) is 13.7 Å². The molecule has 3 atom stereocenters. The number of nitrogens with zero attached hydrogens (tertiary/aromatic N) is 1. The predicted molar refractivity (Wildman–Crippen MR) is 90.4 cm³/mol. The van der Waals surface area contributed by atoms with Crippen molar-refractivity contribution in [2.45, 2.75) is 83.0 Å². The Balaban J connectivity index is 1.50. The largest absolute Gasteiger partial charge is 0.462 e. The van der Waals surface area contributed by atoms with Crippen molar-refractivity contribution in [3.63, 3.8) is 0 Å². The normalized spacial score (nSPS) is 37.5. The van der Waals surface area contributed by atoms with E-state index in [1.165, 1.54) is 12.8 Å². The molecule has 1 saturated heterocycles. The molecular weight excluding hydrogens is 306 g/mol. The lowest BCUT2D eigenvalue weighted by molar-refractivity contribution is -0.157. The van der Waals surface area contributed by atoms with E-state index in [1.54, 1.807) is 7.11 Å². The van der Waals surface area contributed by atoms with E-state index >= 15 is 0 Å². The summed E-state index contributed by atoms with van der Waals surface area (Å²) < 4.78 is 11.1. The van der Waals surface area contributed by atoms with Crippen LogP contribution in [0.1, 0.15) is 64.7 Å². The Hall–Kier alpha value is -1.10. The van der Waals surface area contributed by atoms with Crippen molar-refractivity contribution in [1.82, 2.24) is 4.90 Å². The van der Waals surface area contributed by atoms with Crippen LogP contribution in [0.4, 0.5) is 0 Å². The predicted octanol–water partition coefficient (Wildman–Crippen LogP) is 2.91. The first kappa shape index (κ1) is 17.7. The van der Waals surface area contributed by atoms with Crippen LogP contribution >= 0.6 is 0 Å². The standard InChI is InChI=1S/C19H31NO4/c1-13-6-8-15(9-7-13)20-12-14(10-18(20)21)19(22)24-17-5-3-4-16(11-17)23-2/h13-17H,3-12H2,1-2H3/t13?,14-,15?,16-,17+/m1/s1. The molecule has 0 aromatic carbocycles. The monoisotopic (exact) mass is 337 g/mol. The van der Waals surface area contributed by atoms with E-state index < -0.39 is 0 Å². The summed E-state index contributed by atoms with van der Waals surface area (Å²) in [7, 11) is 1.72. The summed E-state index contributed by atoms with van der Waals surface area (Å²) in [5, 5.41) is 0. The molecule has 3 rings (SSSR count). The van der Waals surface area contributed by atoms with Crippen LogP contribution in [0.15, 0.2) is 0 Å². The van der Waals surface area contributed by atoms with Gasteiger partial charge in [0.05, 0.1) is 12.0 Å². The van der Waals surface area contributed by atoms with Gasteiger partial charge < -0.3 is 14.4 Å². The zero-order valence-corrected chi connectivity index (χ0v) is 15.0. The molecular formula is C19H31NO4. The molecule has 2 aliphatic carbocycles. The highest BCUT2D eigenvalue weighted by molar-refractivity contribution is 5.87. The number of ether oxygens (including phenoxy) is 2. The summed E-state index contributed by atoms with van der Waals surface area (Å²) in [5.41, 5.74) is 0. The third-order valence-corrected chi connectivity index (χ3v) is 6.11. The summed E-state index contributed by atoms with van der Waals surface area (Å²) in [6.07, 6.45) is 8.77. The highest BCUT2D eigenvalue weighted by atomic mass is 16.5. The van der Waals surface area contributed by atoms with Gasteiger partial charge in [0.2, 0.25) is 5.91 Å². The second kappa shape index (κ2) is 7.85. The van der Waals surface area contributed by atoms with E-state index in [-0.39, 0.29) is 30.0 Å². The van der Waals surface area contributed by atoms with Gasteiger partial charge in [-0.2, -0.15) is 0 Å². The third-order valence-electron chi connectivity index (χ3n) is 6.11. The molecule has 3 fully saturated rings. The van der Waals surface area contributed by atoms with E-state index in [4.69, 9.17) is 9.47 Å². The van der Waals surface area contributed by atoms with Crippen LogP contribution in [0.5, 0.6) is 0 Å². The Morgan fingerprint density at radius 1 is 1.08 bits per heavy atom. The average Bonchev–Trinajstić information content (AvgIpc) is 2.98. The van der Waals surface area contributed by atoms with Crippen molar-refractivity contribution in [3.05, 3.63) is 0 Å². The van der Waals surface area contributed by atoms with Gasteiger partial charge in [0, 0.05) is 32.5 Å². The fourth-order valence-corrected chi connectivity index (χ4v) is 4.48. The molecule has 1 heterocycles. The average molecular weight is 337 g/mol. The molecule has 3 aliphatic rings. The third kappa shape index (κ3) is 4.11. The fraction of sp³-hybridized carbons (Fsp3) is 0.895. The molecule has 0 spiro atoms. The number of rotatable bonds is 4. The van der Waals surface area contributed by atoms with Gasteiger partial charge in [-0.05, 0) is 50.9 Å². The van der Waals surface area contributed by atoms with E-state index in [0.29, 0.717) is 19.0 Å². The lowest BCUT2D eigenvalue weighted by atomic mass is 9.87. The Bertz CT molecular complexity index is 458. The second-order valence-electron chi connectivity index (χ2n) is 7.94. The Morgan fingerprint density at radius 3 is 2.50 bits per heavy atom. The minimum Gasteiger partial charge on any atom is -0.462 e. The van der Waals surface area contributed by atoms with Crippen molar-refractivity contribution in [3.8, 4) is 0 Å². The van der Waals surface area contributed by atoms with Gasteiger partial charge in [0.25, 0.3) is 0 Å². The molecule has 136 valence electrons. The molecule has 1 aliphatic heterocycles. The minimum absolute atomic E-state index is 0.0455. The first-order valence-electron chi connectivity index (χ1n) is 9.59. The van der Waals surface area contributed by atoms with Crippen LogP contribution in [-0.4, -0.2) is 48.7 Å². The molecule has 24 heavy (non-hydrogen) atoms. The van der Waals surface area contributed by atoms with Crippen LogP contribution in [-0.2, 0) is 19.1 Å². The zero-order chi connectivity index (χ0) is 17.1. The number of hydrogen-bond acceptors (Lipinski definition) is 4. The summed E-state index contributed by atoms with van der Waals surface area (Å²) in [6.45, 7) is 2.83. The summed E-state index contributed by atoms with van der Waals surface area (Å²) >= 11 is 0. The lowest BCUT2D eigenvalue weighted by Gasteiger charge is -2.33. The molecule has 0 aromatic rings. The molecule has 1 amide bonds. The van der Waals surface area contributed by atoms with Crippen LogP contribution in [0.25, 0.3) is 0 Å². The van der Waals surface area contributed by atoms with Crippen molar-refractivity contribution >= 4 is 11.9 Å². The Kier molecular flexibility index (Phi) is 5.80. The van der Waals surface area contributed by atoms with Crippen LogP contribution < -0.4 is 0 Å². The first-order chi connectivity index (χ1) is 11.6. The van der Waals surface area contributed by atoms with Crippen molar-refractivity contribution in [2.24, 2.45) is 11.8 Å². The van der Waals surface area contributed by atoms with E-state index in [1.807, 2.05) is 4.90 Å². The molecule has 0 radical (unpaired) electrons. The van der Waals surface area contributed by atoms with Gasteiger partial charge in [0.1, 0.15) is 6.10 Å². The van der Waals surface area contributed by atoms with Gasteiger partial charge in [-0.25, -0.2) is 0 Å². The summed E-state index contributed by atoms with van der Waals surface area (Å²) in [6, 6.07) is 0.332. The number of esters is 1. The maximum Gasteiger partial charge on any atom is 0.311 e. The first-order valence-corrected chi connectivity index (χ1v) is 9.59. The molecule has 0 unspecified atom stereocenters. The van der Waals surface area contributed by atoms with E-state index in [0.717, 1.165) is 44.4 Å². The summed E-state index contributed by atoms with van der Waals surface area (Å²) in [4.78, 5) is 26.8. The zero-order valence-electron chi connectivity index (χ0n) is 15.0. The number of amides is 1.